The van der Waals surface area contributed by atoms with Gasteiger partial charge in [0.15, 0.2) is 0 Å². The monoisotopic (exact) mass is 391 g/mol. The Hall–Kier alpha value is -2.85. The first-order valence-corrected chi connectivity index (χ1v) is 9.82. The van der Waals surface area contributed by atoms with Crippen LogP contribution < -0.4 is 4.90 Å². The molecule has 4 nitrogen and oxygen atoms in total. The molecule has 0 saturated heterocycles. The molecule has 0 spiro atoms. The Bertz CT molecular complexity index is 1040. The van der Waals surface area contributed by atoms with Crippen LogP contribution in [0.3, 0.4) is 0 Å². The molecule has 1 amide bonds. The van der Waals surface area contributed by atoms with E-state index in [0.717, 1.165) is 27.9 Å². The van der Waals surface area contributed by atoms with Crippen molar-refractivity contribution < 1.29 is 4.79 Å². The minimum absolute atomic E-state index is 0.0826. The van der Waals surface area contributed by atoms with Gasteiger partial charge in [-0.25, -0.2) is 5.01 Å². The predicted molar refractivity (Wildman–Crippen MR) is 116 cm³/mol. The summed E-state index contributed by atoms with van der Waals surface area (Å²) in [6.45, 7) is 0. The van der Waals surface area contributed by atoms with Crippen LogP contribution in [-0.4, -0.2) is 36.6 Å². The molecular weight excluding hydrogens is 370 g/mol. The number of hydrazone groups is 1. The van der Waals surface area contributed by atoms with Crippen LogP contribution in [0.2, 0.25) is 0 Å². The lowest BCUT2D eigenvalue weighted by Gasteiger charge is -2.22. The summed E-state index contributed by atoms with van der Waals surface area (Å²) in [5.41, 5.74) is 4.13. The second-order valence-corrected chi connectivity index (χ2v) is 7.45. The number of rotatable bonds is 4. The van der Waals surface area contributed by atoms with Crippen LogP contribution in [0.1, 0.15) is 23.6 Å². The molecule has 0 bridgehead atoms. The van der Waals surface area contributed by atoms with Crippen molar-refractivity contribution in [1.82, 2.24) is 5.01 Å². The standard InChI is InChI=1S/C23H22ClN3O/c1-26(2)20-11-9-17(10-12-20)22-14-21(25-27(22)23(28)15-24)19-8-7-16-5-3-4-6-18(16)13-19/h3-13,22H,14-15H2,1-2H3. The molecule has 28 heavy (non-hydrogen) atoms. The lowest BCUT2D eigenvalue weighted by molar-refractivity contribution is -0.130. The highest BCUT2D eigenvalue weighted by Gasteiger charge is 2.32. The molecule has 1 atom stereocenters. The summed E-state index contributed by atoms with van der Waals surface area (Å²) >= 11 is 5.86. The van der Waals surface area contributed by atoms with Crippen molar-refractivity contribution in [2.24, 2.45) is 5.10 Å². The SMILES string of the molecule is CN(C)c1ccc(C2CC(c3ccc4ccccc4c3)=NN2C(=O)CCl)cc1. The van der Waals surface area contributed by atoms with Gasteiger partial charge in [0.1, 0.15) is 5.88 Å². The lowest BCUT2D eigenvalue weighted by atomic mass is 9.96. The summed E-state index contributed by atoms with van der Waals surface area (Å²) in [6.07, 6.45) is 0.669. The zero-order valence-electron chi connectivity index (χ0n) is 16.0. The van der Waals surface area contributed by atoms with Gasteiger partial charge >= 0.3 is 0 Å². The molecule has 4 rings (SSSR count). The molecule has 0 aliphatic carbocycles. The van der Waals surface area contributed by atoms with Gasteiger partial charge in [-0.15, -0.1) is 11.6 Å². The molecular formula is C23H22ClN3O. The van der Waals surface area contributed by atoms with Crippen molar-refractivity contribution in [2.75, 3.05) is 24.9 Å². The number of halogens is 1. The van der Waals surface area contributed by atoms with Gasteiger partial charge in [-0.05, 0) is 40.1 Å². The summed E-state index contributed by atoms with van der Waals surface area (Å²) in [5, 5.41) is 8.55. The number of hydrogen-bond acceptors (Lipinski definition) is 3. The fourth-order valence-corrected chi connectivity index (χ4v) is 3.72. The average Bonchev–Trinajstić information content (AvgIpc) is 3.18. The van der Waals surface area contributed by atoms with E-state index in [1.807, 2.05) is 26.2 Å². The second-order valence-electron chi connectivity index (χ2n) is 7.19. The Morgan fingerprint density at radius 1 is 1.07 bits per heavy atom. The van der Waals surface area contributed by atoms with Gasteiger partial charge in [0.25, 0.3) is 5.91 Å². The molecule has 1 heterocycles. The number of alkyl halides is 1. The van der Waals surface area contributed by atoms with Crippen molar-refractivity contribution in [3.8, 4) is 0 Å². The molecule has 142 valence electrons. The number of carbonyl (C=O) groups is 1. The zero-order chi connectivity index (χ0) is 19.7. The minimum atomic E-state index is -0.181. The molecule has 3 aromatic rings. The Balaban J connectivity index is 1.68. The third-order valence-electron chi connectivity index (χ3n) is 5.16. The first kappa shape index (κ1) is 18.5. The van der Waals surface area contributed by atoms with Gasteiger partial charge in [-0.2, -0.15) is 5.10 Å². The minimum Gasteiger partial charge on any atom is -0.378 e. The average molecular weight is 392 g/mol. The molecule has 0 radical (unpaired) electrons. The van der Waals surface area contributed by atoms with Crippen LogP contribution in [-0.2, 0) is 4.79 Å². The number of amides is 1. The topological polar surface area (TPSA) is 35.9 Å². The number of fused-ring (bicyclic) bond motifs is 1. The normalized spacial score (nSPS) is 16.3. The first-order valence-electron chi connectivity index (χ1n) is 9.29. The van der Waals surface area contributed by atoms with Crippen molar-refractivity contribution in [2.45, 2.75) is 12.5 Å². The second kappa shape index (κ2) is 7.64. The Kier molecular flexibility index (Phi) is 5.05. The zero-order valence-corrected chi connectivity index (χ0v) is 16.7. The summed E-state index contributed by atoms with van der Waals surface area (Å²) in [7, 11) is 4.02. The van der Waals surface area contributed by atoms with E-state index >= 15 is 0 Å². The number of hydrogen-bond donors (Lipinski definition) is 0. The summed E-state index contributed by atoms with van der Waals surface area (Å²) in [6, 6.07) is 22.7. The van der Waals surface area contributed by atoms with E-state index in [0.29, 0.717) is 6.42 Å². The highest BCUT2D eigenvalue weighted by Crippen LogP contribution is 2.34. The van der Waals surface area contributed by atoms with Crippen molar-refractivity contribution in [3.63, 3.8) is 0 Å². The van der Waals surface area contributed by atoms with Crippen LogP contribution in [0.5, 0.6) is 0 Å². The number of anilines is 1. The maximum absolute atomic E-state index is 12.4. The number of nitrogens with zero attached hydrogens (tertiary/aromatic N) is 3. The Labute approximate surface area is 170 Å². The largest absolute Gasteiger partial charge is 0.378 e. The van der Waals surface area contributed by atoms with Gasteiger partial charge < -0.3 is 4.90 Å². The third-order valence-corrected chi connectivity index (χ3v) is 5.39. The van der Waals surface area contributed by atoms with E-state index < -0.39 is 0 Å². The summed E-state index contributed by atoms with van der Waals surface area (Å²) < 4.78 is 0. The molecule has 1 aliphatic rings. The van der Waals surface area contributed by atoms with E-state index in [9.17, 15) is 4.79 Å². The quantitative estimate of drug-likeness (QED) is 0.597. The first-order chi connectivity index (χ1) is 13.6. The molecule has 3 aromatic carbocycles. The van der Waals surface area contributed by atoms with Crippen LogP contribution >= 0.6 is 11.6 Å². The van der Waals surface area contributed by atoms with Crippen LogP contribution in [0, 0.1) is 0 Å². The molecule has 5 heteroatoms. The van der Waals surface area contributed by atoms with Crippen molar-refractivity contribution in [1.29, 1.82) is 0 Å². The van der Waals surface area contributed by atoms with Crippen molar-refractivity contribution >= 4 is 39.7 Å². The van der Waals surface area contributed by atoms with E-state index in [2.05, 4.69) is 64.6 Å². The fourth-order valence-electron chi connectivity index (χ4n) is 3.60. The highest BCUT2D eigenvalue weighted by molar-refractivity contribution is 6.27. The molecule has 0 aromatic heterocycles. The maximum atomic E-state index is 12.4. The van der Waals surface area contributed by atoms with Crippen LogP contribution in [0.25, 0.3) is 10.8 Å². The lowest BCUT2D eigenvalue weighted by Crippen LogP contribution is -2.28. The van der Waals surface area contributed by atoms with E-state index in [1.165, 1.54) is 5.39 Å². The van der Waals surface area contributed by atoms with E-state index in [1.54, 1.807) is 5.01 Å². The number of carbonyl (C=O) groups excluding carboxylic acids is 1. The summed E-state index contributed by atoms with van der Waals surface area (Å²) in [5.74, 6) is -0.264. The summed E-state index contributed by atoms with van der Waals surface area (Å²) in [4.78, 5) is 14.5. The van der Waals surface area contributed by atoms with Crippen molar-refractivity contribution in [3.05, 3.63) is 77.9 Å². The maximum Gasteiger partial charge on any atom is 0.258 e. The molecule has 1 unspecified atom stereocenters. The van der Waals surface area contributed by atoms with Gasteiger partial charge in [0.05, 0.1) is 11.8 Å². The highest BCUT2D eigenvalue weighted by atomic mass is 35.5. The molecule has 1 aliphatic heterocycles. The van der Waals surface area contributed by atoms with Gasteiger partial charge in [-0.3, -0.25) is 4.79 Å². The predicted octanol–water partition coefficient (Wildman–Crippen LogP) is 4.82. The molecule has 0 saturated carbocycles. The smallest absolute Gasteiger partial charge is 0.258 e. The third kappa shape index (κ3) is 3.48. The van der Waals surface area contributed by atoms with Gasteiger partial charge in [0, 0.05) is 26.2 Å². The van der Waals surface area contributed by atoms with Crippen LogP contribution in [0.4, 0.5) is 5.69 Å². The van der Waals surface area contributed by atoms with E-state index in [4.69, 9.17) is 11.6 Å². The van der Waals surface area contributed by atoms with E-state index in [-0.39, 0.29) is 17.8 Å². The van der Waals surface area contributed by atoms with Gasteiger partial charge in [0.2, 0.25) is 0 Å². The van der Waals surface area contributed by atoms with Gasteiger partial charge in [-0.1, -0.05) is 48.5 Å². The Morgan fingerprint density at radius 2 is 1.79 bits per heavy atom. The van der Waals surface area contributed by atoms with Crippen LogP contribution in [0.15, 0.2) is 71.8 Å². The Morgan fingerprint density at radius 3 is 2.46 bits per heavy atom. The number of benzene rings is 3. The molecule has 0 N–H and O–H groups in total. The fraction of sp³-hybridized carbons (Fsp3) is 0.217. The molecule has 0 fully saturated rings.